The summed E-state index contributed by atoms with van der Waals surface area (Å²) in [4.78, 5) is 44.0. The van der Waals surface area contributed by atoms with Crippen molar-refractivity contribution in [2.75, 3.05) is 13.1 Å². The topological polar surface area (TPSA) is 127 Å². The van der Waals surface area contributed by atoms with Gasteiger partial charge in [-0.25, -0.2) is 19.6 Å². The smallest absolute Gasteiger partial charge is 0.410 e. The van der Waals surface area contributed by atoms with Gasteiger partial charge in [0.2, 0.25) is 0 Å². The van der Waals surface area contributed by atoms with Gasteiger partial charge >= 0.3 is 12.2 Å². The Morgan fingerprint density at radius 1 is 0.729 bits per heavy atom. The first-order valence-electron chi connectivity index (χ1n) is 16.7. The van der Waals surface area contributed by atoms with Crippen molar-refractivity contribution in [1.82, 2.24) is 29.7 Å². The summed E-state index contributed by atoms with van der Waals surface area (Å²) in [6.07, 6.45) is 4.03. The van der Waals surface area contributed by atoms with Crippen molar-refractivity contribution in [3.05, 3.63) is 84.7 Å². The van der Waals surface area contributed by atoms with Gasteiger partial charge in [-0.15, -0.1) is 0 Å². The molecule has 0 spiro atoms. The van der Waals surface area contributed by atoms with Crippen LogP contribution >= 0.6 is 0 Å². The average molecular weight is 647 g/mol. The second kappa shape index (κ2) is 12.2. The molecule has 3 aromatic carbocycles. The van der Waals surface area contributed by atoms with Gasteiger partial charge in [-0.1, -0.05) is 62.4 Å². The van der Waals surface area contributed by atoms with Crippen LogP contribution in [0.2, 0.25) is 0 Å². The summed E-state index contributed by atoms with van der Waals surface area (Å²) in [7, 11) is 0. The van der Waals surface area contributed by atoms with E-state index in [2.05, 4.69) is 89.5 Å². The first-order valence-corrected chi connectivity index (χ1v) is 16.7. The maximum absolute atomic E-state index is 12.9. The molecule has 2 amide bonds. The lowest BCUT2D eigenvalue weighted by atomic mass is 9.98. The van der Waals surface area contributed by atoms with E-state index in [4.69, 9.17) is 9.72 Å². The number of aromatic nitrogens is 4. The van der Waals surface area contributed by atoms with Crippen molar-refractivity contribution in [2.24, 2.45) is 11.8 Å². The summed E-state index contributed by atoms with van der Waals surface area (Å²) in [6, 6.07) is 20.8. The molecule has 4 atom stereocenters. The number of rotatable bonds is 5. The lowest BCUT2D eigenvalue weighted by Gasteiger charge is -2.27. The highest BCUT2D eigenvalue weighted by Crippen LogP contribution is 2.37. The molecule has 2 aromatic heterocycles. The average Bonchev–Trinajstić information content (AvgIpc) is 3.86. The lowest BCUT2D eigenvalue weighted by Crippen LogP contribution is -2.37. The number of ether oxygens (including phenoxy) is 1. The Morgan fingerprint density at radius 3 is 1.79 bits per heavy atom. The van der Waals surface area contributed by atoms with Crippen LogP contribution in [-0.2, 0) is 4.74 Å². The van der Waals surface area contributed by atoms with Crippen LogP contribution in [0.25, 0.3) is 44.4 Å². The van der Waals surface area contributed by atoms with Crippen LogP contribution in [0.15, 0.2) is 73.1 Å². The Kier molecular flexibility index (Phi) is 7.97. The maximum atomic E-state index is 12.9. The van der Waals surface area contributed by atoms with E-state index >= 15 is 0 Å². The Morgan fingerprint density at radius 2 is 1.21 bits per heavy atom. The van der Waals surface area contributed by atoms with E-state index in [0.717, 1.165) is 63.1 Å². The highest BCUT2D eigenvalue weighted by Gasteiger charge is 2.38. The van der Waals surface area contributed by atoms with Crippen LogP contribution in [0.5, 0.6) is 0 Å². The second-order valence-electron chi connectivity index (χ2n) is 14.5. The van der Waals surface area contributed by atoms with Gasteiger partial charge in [-0.2, -0.15) is 0 Å². The van der Waals surface area contributed by atoms with Crippen LogP contribution in [0.4, 0.5) is 9.59 Å². The summed E-state index contributed by atoms with van der Waals surface area (Å²) in [6.45, 7) is 11.1. The van der Waals surface area contributed by atoms with E-state index < -0.39 is 11.7 Å². The molecule has 0 saturated carbocycles. The molecule has 7 rings (SSSR count). The number of carbonyl (C=O) groups excluding carboxylic acids is 1. The minimum Gasteiger partial charge on any atom is -0.465 e. The summed E-state index contributed by atoms with van der Waals surface area (Å²) in [5.41, 5.74) is 5.48. The van der Waals surface area contributed by atoms with Gasteiger partial charge in [-0.05, 0) is 85.0 Å². The summed E-state index contributed by atoms with van der Waals surface area (Å²) >= 11 is 0. The number of nitrogens with zero attached hydrogens (tertiary/aromatic N) is 4. The van der Waals surface area contributed by atoms with Gasteiger partial charge in [0.1, 0.15) is 17.2 Å². The minimum absolute atomic E-state index is 0.147. The zero-order valence-corrected chi connectivity index (χ0v) is 28.0. The van der Waals surface area contributed by atoms with Crippen LogP contribution in [0, 0.1) is 11.8 Å². The minimum atomic E-state index is -0.907. The molecule has 3 N–H and O–H groups in total. The van der Waals surface area contributed by atoms with Gasteiger partial charge in [-0.3, -0.25) is 9.80 Å². The molecule has 10 nitrogen and oxygen atoms in total. The molecule has 0 unspecified atom stereocenters. The van der Waals surface area contributed by atoms with E-state index in [0.29, 0.717) is 30.7 Å². The fraction of sp³-hybridized carbons (Fsp3) is 0.368. The molecule has 248 valence electrons. The molecule has 0 bridgehead atoms. The molecular weight excluding hydrogens is 604 g/mol. The number of benzene rings is 3. The molecule has 2 aliphatic heterocycles. The van der Waals surface area contributed by atoms with Crippen LogP contribution in [0.3, 0.4) is 0 Å². The number of aromatic amines is 2. The highest BCUT2D eigenvalue weighted by atomic mass is 16.6. The Hall–Kier alpha value is -5.12. The molecule has 4 heterocycles. The van der Waals surface area contributed by atoms with Gasteiger partial charge in [0.05, 0.1) is 35.9 Å². The summed E-state index contributed by atoms with van der Waals surface area (Å²) in [5.74, 6) is 2.13. The van der Waals surface area contributed by atoms with Crippen LogP contribution in [-0.4, -0.2) is 65.7 Å². The van der Waals surface area contributed by atoms with E-state index in [9.17, 15) is 14.7 Å². The molecule has 2 saturated heterocycles. The standard InChI is InChI=1S/C38H42N6O4/c1-22-14-32(43(20-22)36(45)46)34-39-18-30(41-34)25-8-6-24(7-9-25)26-10-11-28-17-29(13-12-27(28)16-26)31-19-40-35(42-31)33-15-23(2)21-44(33)37(47)48-38(3,4)5/h6-13,16-19,22-23,32-33H,14-15,20-21H2,1-5H3,(H,39,41)(H,40,42)(H,45,46)/t22-,23-,32+,33+/m1/s1. The third-order valence-electron chi connectivity index (χ3n) is 9.40. The number of imidazole rings is 2. The van der Waals surface area contributed by atoms with Crippen molar-refractivity contribution in [3.8, 4) is 33.6 Å². The number of nitrogens with one attached hydrogen (secondary N) is 2. The molecule has 0 aliphatic carbocycles. The van der Waals surface area contributed by atoms with Gasteiger partial charge in [0.25, 0.3) is 0 Å². The van der Waals surface area contributed by atoms with Gasteiger partial charge < -0.3 is 19.8 Å². The molecular formula is C38H42N6O4. The predicted octanol–water partition coefficient (Wildman–Crippen LogP) is 8.67. The van der Waals surface area contributed by atoms with E-state index in [1.54, 1.807) is 11.1 Å². The monoisotopic (exact) mass is 646 g/mol. The Balaban J connectivity index is 1.06. The van der Waals surface area contributed by atoms with Crippen molar-refractivity contribution in [3.63, 3.8) is 0 Å². The van der Waals surface area contributed by atoms with Gasteiger partial charge in [0, 0.05) is 18.7 Å². The number of carbonyl (C=O) groups is 2. The third-order valence-corrected chi connectivity index (χ3v) is 9.40. The fourth-order valence-electron chi connectivity index (χ4n) is 7.08. The number of carboxylic acid groups (broad SMARTS) is 1. The normalized spacial score (nSPS) is 21.3. The summed E-state index contributed by atoms with van der Waals surface area (Å²) in [5, 5.41) is 11.9. The lowest BCUT2D eigenvalue weighted by molar-refractivity contribution is 0.0214. The SMILES string of the molecule is C[C@@H]1C[C@@H](c2ncc(-c3ccc(-c4ccc5cc(-c6cnc([C@@H]7C[C@@H](C)CN7C(=O)OC(C)(C)C)[nH]6)ccc5c4)cc3)[nH]2)N(C(=O)O)C1. The van der Waals surface area contributed by atoms with Crippen molar-refractivity contribution >= 4 is 23.0 Å². The zero-order chi connectivity index (χ0) is 33.7. The number of hydrogen-bond acceptors (Lipinski definition) is 5. The molecule has 10 heteroatoms. The van der Waals surface area contributed by atoms with E-state index in [1.807, 2.05) is 27.0 Å². The third kappa shape index (κ3) is 6.26. The highest BCUT2D eigenvalue weighted by molar-refractivity contribution is 5.90. The zero-order valence-electron chi connectivity index (χ0n) is 28.0. The first kappa shape index (κ1) is 31.5. The summed E-state index contributed by atoms with van der Waals surface area (Å²) < 4.78 is 5.68. The first-order chi connectivity index (χ1) is 22.9. The number of hydrogen-bond donors (Lipinski definition) is 3. The Bertz CT molecular complexity index is 1970. The fourth-order valence-corrected chi connectivity index (χ4v) is 7.08. The number of likely N-dealkylation sites (tertiary alicyclic amines) is 2. The predicted molar refractivity (Wildman–Crippen MR) is 185 cm³/mol. The number of H-pyrrole nitrogens is 2. The van der Waals surface area contributed by atoms with Crippen molar-refractivity contribution in [2.45, 2.75) is 65.1 Å². The molecule has 0 radical (unpaired) electrons. The van der Waals surface area contributed by atoms with Crippen molar-refractivity contribution in [1.29, 1.82) is 0 Å². The van der Waals surface area contributed by atoms with Crippen LogP contribution in [0.1, 0.15) is 71.2 Å². The van der Waals surface area contributed by atoms with E-state index in [1.165, 1.54) is 4.90 Å². The molecule has 2 aliphatic rings. The molecule has 5 aromatic rings. The van der Waals surface area contributed by atoms with Gasteiger partial charge in [0.15, 0.2) is 0 Å². The number of fused-ring (bicyclic) bond motifs is 1. The van der Waals surface area contributed by atoms with Crippen molar-refractivity contribution < 1.29 is 19.4 Å². The molecule has 2 fully saturated rings. The molecule has 48 heavy (non-hydrogen) atoms. The second-order valence-corrected chi connectivity index (χ2v) is 14.5. The largest absolute Gasteiger partial charge is 0.465 e. The maximum Gasteiger partial charge on any atom is 0.410 e. The van der Waals surface area contributed by atoms with Crippen LogP contribution < -0.4 is 0 Å². The quantitative estimate of drug-likeness (QED) is 0.175. The Labute approximate surface area is 280 Å². The number of amides is 2. The van der Waals surface area contributed by atoms with E-state index in [-0.39, 0.29) is 18.2 Å².